The SMILES string of the molecule is CN1CCN(CC=NC(=O)c2ccc3c(-c4ccc(F)cc4F)nc(N(C(N)=O)c4c(F)cccc4F)cc3c2)CC1. The molecule has 0 saturated carbocycles. The van der Waals surface area contributed by atoms with E-state index in [0.29, 0.717) is 22.9 Å². The number of likely N-dealkylation sites (N-methyl/N-ethyl adjacent to an activating group) is 1. The summed E-state index contributed by atoms with van der Waals surface area (Å²) in [6.45, 7) is 4.03. The Balaban J connectivity index is 1.60. The Hall–Kier alpha value is -4.68. The van der Waals surface area contributed by atoms with Gasteiger partial charge < -0.3 is 10.6 Å². The lowest BCUT2D eigenvalue weighted by atomic mass is 10.0. The van der Waals surface area contributed by atoms with E-state index in [4.69, 9.17) is 5.73 Å². The molecule has 0 spiro atoms. The fourth-order valence-corrected chi connectivity index (χ4v) is 4.76. The predicted molar refractivity (Wildman–Crippen MR) is 152 cm³/mol. The lowest BCUT2D eigenvalue weighted by molar-refractivity contribution is 0.100. The minimum Gasteiger partial charge on any atom is -0.351 e. The number of nitrogens with two attached hydrogens (primary N) is 1. The molecule has 5 rings (SSSR count). The number of nitrogens with zero attached hydrogens (tertiary/aromatic N) is 5. The lowest BCUT2D eigenvalue weighted by Crippen LogP contribution is -2.45. The van der Waals surface area contributed by atoms with Gasteiger partial charge in [0.15, 0.2) is 0 Å². The highest BCUT2D eigenvalue weighted by atomic mass is 19.1. The van der Waals surface area contributed by atoms with E-state index in [0.717, 1.165) is 56.5 Å². The summed E-state index contributed by atoms with van der Waals surface area (Å²) in [5.41, 5.74) is 4.70. The van der Waals surface area contributed by atoms with Crippen molar-refractivity contribution in [3.63, 3.8) is 0 Å². The zero-order valence-electron chi connectivity index (χ0n) is 22.5. The van der Waals surface area contributed by atoms with E-state index < -0.39 is 40.9 Å². The van der Waals surface area contributed by atoms with Gasteiger partial charge in [0, 0.05) is 61.5 Å². The molecule has 12 heteroatoms. The zero-order valence-corrected chi connectivity index (χ0v) is 22.5. The number of fused-ring (bicyclic) bond motifs is 1. The van der Waals surface area contributed by atoms with Crippen LogP contribution in [0.5, 0.6) is 0 Å². The predicted octanol–water partition coefficient (Wildman–Crippen LogP) is 5.13. The Morgan fingerprint density at radius 1 is 0.952 bits per heavy atom. The molecule has 1 fully saturated rings. The van der Waals surface area contributed by atoms with Crippen LogP contribution < -0.4 is 10.6 Å². The van der Waals surface area contributed by atoms with Crippen molar-refractivity contribution >= 4 is 40.4 Å². The van der Waals surface area contributed by atoms with Gasteiger partial charge >= 0.3 is 6.03 Å². The smallest absolute Gasteiger partial charge is 0.325 e. The number of hydrogen-bond donors (Lipinski definition) is 1. The molecule has 0 radical (unpaired) electrons. The molecule has 0 aliphatic carbocycles. The number of piperazine rings is 1. The summed E-state index contributed by atoms with van der Waals surface area (Å²) in [6.07, 6.45) is 1.53. The van der Waals surface area contributed by atoms with Crippen LogP contribution in [0.4, 0.5) is 33.9 Å². The number of anilines is 2. The second-order valence-corrected chi connectivity index (χ2v) is 9.85. The fraction of sp³-hybridized carbons (Fsp3) is 0.200. The van der Waals surface area contributed by atoms with Crippen molar-refractivity contribution in [2.75, 3.05) is 44.7 Å². The van der Waals surface area contributed by atoms with Gasteiger partial charge in [-0.05, 0) is 54.9 Å². The van der Waals surface area contributed by atoms with E-state index in [2.05, 4.69) is 19.8 Å². The number of rotatable bonds is 6. The molecule has 1 aliphatic rings. The molecule has 1 aliphatic heterocycles. The van der Waals surface area contributed by atoms with E-state index in [-0.39, 0.29) is 28.0 Å². The Labute approximate surface area is 238 Å². The number of aliphatic imine (C=N–C) groups is 1. The third kappa shape index (κ3) is 5.99. The molecule has 3 amide bonds. The molecule has 3 aromatic carbocycles. The normalized spacial score (nSPS) is 14.5. The monoisotopic (exact) mass is 578 g/mol. The van der Waals surface area contributed by atoms with Crippen LogP contribution in [-0.2, 0) is 0 Å². The molecule has 2 heterocycles. The number of amides is 3. The number of carbonyl (C=O) groups is 2. The third-order valence-corrected chi connectivity index (χ3v) is 7.01. The molecule has 216 valence electrons. The van der Waals surface area contributed by atoms with Gasteiger partial charge in [0.05, 0.1) is 5.69 Å². The number of aromatic nitrogens is 1. The second kappa shape index (κ2) is 12.0. The van der Waals surface area contributed by atoms with E-state index in [1.165, 1.54) is 30.5 Å². The van der Waals surface area contributed by atoms with Crippen molar-refractivity contribution < 1.29 is 27.2 Å². The van der Waals surface area contributed by atoms with Gasteiger partial charge in [0.2, 0.25) is 0 Å². The van der Waals surface area contributed by atoms with E-state index in [1.807, 2.05) is 7.05 Å². The average Bonchev–Trinajstić information content (AvgIpc) is 2.95. The van der Waals surface area contributed by atoms with E-state index in [1.54, 1.807) is 0 Å². The van der Waals surface area contributed by atoms with E-state index in [9.17, 15) is 27.2 Å². The maximum atomic E-state index is 14.9. The summed E-state index contributed by atoms with van der Waals surface area (Å²) in [5.74, 6) is -4.87. The van der Waals surface area contributed by atoms with Crippen molar-refractivity contribution in [3.05, 3.63) is 89.5 Å². The first-order chi connectivity index (χ1) is 20.1. The molecular weight excluding hydrogens is 552 g/mol. The van der Waals surface area contributed by atoms with Gasteiger partial charge in [0.1, 0.15) is 34.8 Å². The van der Waals surface area contributed by atoms with Crippen LogP contribution in [0.25, 0.3) is 22.0 Å². The molecular formula is C30H26F4N6O2. The number of para-hydroxylation sites is 1. The Kier molecular flexibility index (Phi) is 8.27. The minimum absolute atomic E-state index is 0.0689. The highest BCUT2D eigenvalue weighted by molar-refractivity contribution is 6.06. The molecule has 2 N–H and O–H groups in total. The molecule has 1 aromatic heterocycles. The number of carbonyl (C=O) groups excluding carboxylic acids is 2. The van der Waals surface area contributed by atoms with Gasteiger partial charge in [-0.1, -0.05) is 12.1 Å². The van der Waals surface area contributed by atoms with Crippen molar-refractivity contribution in [2.24, 2.45) is 10.7 Å². The van der Waals surface area contributed by atoms with Crippen molar-refractivity contribution in [3.8, 4) is 11.3 Å². The lowest BCUT2D eigenvalue weighted by Gasteiger charge is -2.31. The molecule has 42 heavy (non-hydrogen) atoms. The Morgan fingerprint density at radius 2 is 1.67 bits per heavy atom. The molecule has 0 bridgehead atoms. The summed E-state index contributed by atoms with van der Waals surface area (Å²) in [4.78, 5) is 38.7. The maximum Gasteiger partial charge on any atom is 0.325 e. The Morgan fingerprint density at radius 3 is 2.33 bits per heavy atom. The first-order valence-electron chi connectivity index (χ1n) is 13.0. The van der Waals surface area contributed by atoms with Crippen LogP contribution in [0.2, 0.25) is 0 Å². The maximum absolute atomic E-state index is 14.9. The van der Waals surface area contributed by atoms with Crippen LogP contribution >= 0.6 is 0 Å². The Bertz CT molecular complexity index is 1690. The highest BCUT2D eigenvalue weighted by Crippen LogP contribution is 2.36. The molecule has 4 aromatic rings. The zero-order chi connectivity index (χ0) is 30.0. The van der Waals surface area contributed by atoms with Crippen LogP contribution in [-0.4, -0.2) is 72.7 Å². The topological polar surface area (TPSA) is 95.1 Å². The summed E-state index contributed by atoms with van der Waals surface area (Å²) in [6, 6.07) is 10.3. The van der Waals surface area contributed by atoms with Gasteiger partial charge in [0.25, 0.3) is 5.91 Å². The quantitative estimate of drug-likeness (QED) is 0.253. The van der Waals surface area contributed by atoms with Crippen LogP contribution in [0.3, 0.4) is 0 Å². The van der Waals surface area contributed by atoms with Gasteiger partial charge in [-0.3, -0.25) is 9.69 Å². The van der Waals surface area contributed by atoms with Crippen LogP contribution in [0.15, 0.2) is 65.7 Å². The number of benzene rings is 3. The number of halogens is 4. The van der Waals surface area contributed by atoms with Crippen molar-refractivity contribution in [1.29, 1.82) is 0 Å². The first kappa shape index (κ1) is 28.8. The number of hydrogen-bond acceptors (Lipinski definition) is 5. The summed E-state index contributed by atoms with van der Waals surface area (Å²) in [5, 5.41) is 0.586. The summed E-state index contributed by atoms with van der Waals surface area (Å²) in [7, 11) is 2.04. The number of primary amides is 1. The standard InChI is InChI=1S/C30H26F4N6O2/c1-38-11-13-39(14-12-38)10-9-36-29(41)18-5-7-21-19(15-18)16-26(37-27(21)22-8-6-20(31)17-25(22)34)40(30(35)42)28-23(32)3-2-4-24(28)33/h2-9,15-17H,10-14H2,1H3,(H2,35,42). The van der Waals surface area contributed by atoms with Crippen molar-refractivity contribution in [2.45, 2.75) is 0 Å². The van der Waals surface area contributed by atoms with Crippen molar-refractivity contribution in [1.82, 2.24) is 14.8 Å². The minimum atomic E-state index is -1.27. The first-order valence-corrected chi connectivity index (χ1v) is 13.0. The molecule has 0 atom stereocenters. The van der Waals surface area contributed by atoms with Gasteiger partial charge in [-0.2, -0.15) is 0 Å². The van der Waals surface area contributed by atoms with Gasteiger partial charge in [-0.25, -0.2) is 37.2 Å². The average molecular weight is 579 g/mol. The van der Waals surface area contributed by atoms with Crippen LogP contribution in [0, 0.1) is 23.3 Å². The van der Waals surface area contributed by atoms with Gasteiger partial charge in [-0.15, -0.1) is 0 Å². The number of pyridine rings is 1. The third-order valence-electron chi connectivity index (χ3n) is 7.01. The second-order valence-electron chi connectivity index (χ2n) is 9.85. The van der Waals surface area contributed by atoms with Crippen LogP contribution in [0.1, 0.15) is 10.4 Å². The molecule has 8 nitrogen and oxygen atoms in total. The largest absolute Gasteiger partial charge is 0.351 e. The summed E-state index contributed by atoms with van der Waals surface area (Å²) >= 11 is 0. The fourth-order valence-electron chi connectivity index (χ4n) is 4.76. The molecule has 0 unspecified atom stereocenters. The molecule has 1 saturated heterocycles. The highest BCUT2D eigenvalue weighted by Gasteiger charge is 2.26. The number of urea groups is 1. The van der Waals surface area contributed by atoms with E-state index >= 15 is 0 Å². The summed E-state index contributed by atoms with van der Waals surface area (Å²) < 4.78 is 58.2.